The van der Waals surface area contributed by atoms with Gasteiger partial charge in [-0.1, -0.05) is 25.1 Å². The van der Waals surface area contributed by atoms with E-state index in [4.69, 9.17) is 0 Å². The number of piperazine rings is 1. The van der Waals surface area contributed by atoms with Crippen LogP contribution in [0, 0.1) is 6.92 Å². The molecule has 0 spiro atoms. The van der Waals surface area contributed by atoms with Crippen LogP contribution < -0.4 is 10.6 Å². The molecule has 18 heavy (non-hydrogen) atoms. The summed E-state index contributed by atoms with van der Waals surface area (Å²) in [6.07, 6.45) is 1.09. The Morgan fingerprint density at radius 1 is 1.44 bits per heavy atom. The lowest BCUT2D eigenvalue weighted by Gasteiger charge is -2.31. The first-order chi connectivity index (χ1) is 8.70. The fourth-order valence-corrected chi connectivity index (χ4v) is 2.63. The molecule has 2 N–H and O–H groups in total. The summed E-state index contributed by atoms with van der Waals surface area (Å²) in [6.45, 7) is 8.77. The molecule has 1 fully saturated rings. The molecule has 2 rings (SSSR count). The quantitative estimate of drug-likeness (QED) is 0.850. The molecule has 1 heterocycles. The summed E-state index contributed by atoms with van der Waals surface area (Å²) in [5.41, 5.74) is 4.09. The Labute approximate surface area is 111 Å². The molecule has 0 aromatic heterocycles. The van der Waals surface area contributed by atoms with Crippen molar-refractivity contribution >= 4 is 5.69 Å². The zero-order chi connectivity index (χ0) is 13.0. The molecule has 1 aromatic carbocycles. The van der Waals surface area contributed by atoms with Crippen LogP contribution in [-0.2, 0) is 6.42 Å². The Morgan fingerprint density at radius 2 is 2.28 bits per heavy atom. The molecule has 0 amide bonds. The highest BCUT2D eigenvalue weighted by molar-refractivity contribution is 5.57. The number of rotatable bonds is 4. The lowest BCUT2D eigenvalue weighted by Crippen LogP contribution is -2.51. The first-order valence-corrected chi connectivity index (χ1v) is 6.95. The molecular weight excluding hydrogens is 222 g/mol. The van der Waals surface area contributed by atoms with Gasteiger partial charge in [0.1, 0.15) is 0 Å². The van der Waals surface area contributed by atoms with Crippen LogP contribution in [0.15, 0.2) is 18.2 Å². The summed E-state index contributed by atoms with van der Waals surface area (Å²) in [7, 11) is 2.19. The molecule has 1 aliphatic rings. The van der Waals surface area contributed by atoms with Gasteiger partial charge in [0.2, 0.25) is 0 Å². The topological polar surface area (TPSA) is 27.3 Å². The maximum Gasteiger partial charge on any atom is 0.0402 e. The third kappa shape index (κ3) is 3.24. The second-order valence-corrected chi connectivity index (χ2v) is 5.26. The van der Waals surface area contributed by atoms with Crippen LogP contribution in [0.5, 0.6) is 0 Å². The second-order valence-electron chi connectivity index (χ2n) is 5.26. The minimum atomic E-state index is 0.549. The van der Waals surface area contributed by atoms with E-state index in [0.29, 0.717) is 6.04 Å². The van der Waals surface area contributed by atoms with Crippen molar-refractivity contribution < 1.29 is 0 Å². The van der Waals surface area contributed by atoms with Gasteiger partial charge in [-0.3, -0.25) is 0 Å². The highest BCUT2D eigenvalue weighted by Gasteiger charge is 2.16. The van der Waals surface area contributed by atoms with Crippen LogP contribution in [0.2, 0.25) is 0 Å². The minimum absolute atomic E-state index is 0.549. The Balaban J connectivity index is 1.97. The molecule has 1 atom stereocenters. The van der Waals surface area contributed by atoms with Crippen molar-refractivity contribution in [2.75, 3.05) is 38.5 Å². The molecule has 0 saturated carbocycles. The van der Waals surface area contributed by atoms with E-state index in [9.17, 15) is 0 Å². The van der Waals surface area contributed by atoms with Crippen molar-refractivity contribution in [3.05, 3.63) is 29.3 Å². The Kier molecular flexibility index (Phi) is 4.61. The van der Waals surface area contributed by atoms with Crippen molar-refractivity contribution in [1.29, 1.82) is 0 Å². The average Bonchev–Trinajstić information content (AvgIpc) is 2.37. The van der Waals surface area contributed by atoms with E-state index in [-0.39, 0.29) is 0 Å². The summed E-state index contributed by atoms with van der Waals surface area (Å²) < 4.78 is 0. The number of nitrogens with one attached hydrogen (secondary N) is 2. The summed E-state index contributed by atoms with van der Waals surface area (Å²) in [6, 6.07) is 7.09. The largest absolute Gasteiger partial charge is 0.383 e. The molecule has 1 aliphatic heterocycles. The predicted octanol–water partition coefficient (Wildman–Crippen LogP) is 1.87. The molecule has 0 aliphatic carbocycles. The normalized spacial score (nSPS) is 20.9. The Hall–Kier alpha value is -1.06. The number of aryl methyl sites for hydroxylation is 2. The molecular formula is C15H25N3. The highest BCUT2D eigenvalue weighted by Crippen LogP contribution is 2.20. The van der Waals surface area contributed by atoms with Crippen molar-refractivity contribution in [2.45, 2.75) is 26.3 Å². The Morgan fingerprint density at radius 3 is 3.00 bits per heavy atom. The van der Waals surface area contributed by atoms with E-state index in [0.717, 1.165) is 32.6 Å². The number of hydrogen-bond donors (Lipinski definition) is 2. The van der Waals surface area contributed by atoms with Crippen LogP contribution in [0.4, 0.5) is 5.69 Å². The molecule has 1 aromatic rings. The van der Waals surface area contributed by atoms with Gasteiger partial charge in [-0.05, 0) is 31.5 Å². The van der Waals surface area contributed by atoms with E-state index in [2.05, 4.69) is 54.6 Å². The first-order valence-electron chi connectivity index (χ1n) is 6.95. The van der Waals surface area contributed by atoms with Crippen LogP contribution >= 0.6 is 0 Å². The number of likely N-dealkylation sites (N-methyl/N-ethyl adjacent to an activating group) is 1. The summed E-state index contributed by atoms with van der Waals surface area (Å²) in [5.74, 6) is 0. The maximum atomic E-state index is 3.63. The second kappa shape index (κ2) is 6.21. The van der Waals surface area contributed by atoms with Crippen molar-refractivity contribution in [3.63, 3.8) is 0 Å². The first kappa shape index (κ1) is 13.4. The van der Waals surface area contributed by atoms with Gasteiger partial charge in [0.15, 0.2) is 0 Å². The molecule has 3 nitrogen and oxygen atoms in total. The average molecular weight is 247 g/mol. The summed E-state index contributed by atoms with van der Waals surface area (Å²) in [5, 5.41) is 7.21. The minimum Gasteiger partial charge on any atom is -0.383 e. The van der Waals surface area contributed by atoms with Crippen LogP contribution in [0.25, 0.3) is 0 Å². The van der Waals surface area contributed by atoms with Gasteiger partial charge in [-0.2, -0.15) is 0 Å². The van der Waals surface area contributed by atoms with Crippen molar-refractivity contribution in [3.8, 4) is 0 Å². The number of para-hydroxylation sites is 1. The highest BCUT2D eigenvalue weighted by atomic mass is 15.2. The number of hydrogen-bond acceptors (Lipinski definition) is 3. The molecule has 1 unspecified atom stereocenters. The van der Waals surface area contributed by atoms with Gasteiger partial charge in [0.25, 0.3) is 0 Å². The van der Waals surface area contributed by atoms with Gasteiger partial charge < -0.3 is 15.5 Å². The fraction of sp³-hybridized carbons (Fsp3) is 0.600. The number of benzene rings is 1. The van der Waals surface area contributed by atoms with E-state index in [1.165, 1.54) is 16.8 Å². The molecule has 0 radical (unpaired) electrons. The standard InChI is InChI=1S/C15H25N3/c1-4-13-7-5-6-12(2)15(13)17-10-14-11-18(3)9-8-16-14/h5-7,14,16-17H,4,8-11H2,1-3H3. The van der Waals surface area contributed by atoms with Gasteiger partial charge in [0.05, 0.1) is 0 Å². The van der Waals surface area contributed by atoms with Gasteiger partial charge in [-0.15, -0.1) is 0 Å². The monoisotopic (exact) mass is 247 g/mol. The van der Waals surface area contributed by atoms with E-state index < -0.39 is 0 Å². The lowest BCUT2D eigenvalue weighted by atomic mass is 10.1. The third-order valence-electron chi connectivity index (χ3n) is 3.72. The molecule has 1 saturated heterocycles. The lowest BCUT2D eigenvalue weighted by molar-refractivity contribution is 0.244. The zero-order valence-electron chi connectivity index (χ0n) is 11.8. The molecule has 100 valence electrons. The van der Waals surface area contributed by atoms with Crippen molar-refractivity contribution in [2.24, 2.45) is 0 Å². The van der Waals surface area contributed by atoms with Gasteiger partial charge >= 0.3 is 0 Å². The fourth-order valence-electron chi connectivity index (χ4n) is 2.63. The Bertz CT molecular complexity index is 389. The summed E-state index contributed by atoms with van der Waals surface area (Å²) in [4.78, 5) is 2.39. The van der Waals surface area contributed by atoms with Crippen LogP contribution in [-0.4, -0.2) is 44.2 Å². The smallest absolute Gasteiger partial charge is 0.0402 e. The van der Waals surface area contributed by atoms with Gasteiger partial charge in [0, 0.05) is 37.9 Å². The van der Waals surface area contributed by atoms with Crippen LogP contribution in [0.3, 0.4) is 0 Å². The molecule has 3 heteroatoms. The van der Waals surface area contributed by atoms with Gasteiger partial charge in [-0.25, -0.2) is 0 Å². The van der Waals surface area contributed by atoms with E-state index in [1.807, 2.05) is 0 Å². The number of nitrogens with zero attached hydrogens (tertiary/aromatic N) is 1. The summed E-state index contributed by atoms with van der Waals surface area (Å²) >= 11 is 0. The number of anilines is 1. The SMILES string of the molecule is CCc1cccc(C)c1NCC1CN(C)CCN1. The third-order valence-corrected chi connectivity index (χ3v) is 3.72. The zero-order valence-corrected chi connectivity index (χ0v) is 11.8. The van der Waals surface area contributed by atoms with Crippen molar-refractivity contribution in [1.82, 2.24) is 10.2 Å². The molecule has 0 bridgehead atoms. The van der Waals surface area contributed by atoms with E-state index in [1.54, 1.807) is 0 Å². The van der Waals surface area contributed by atoms with Crippen LogP contribution in [0.1, 0.15) is 18.1 Å². The van der Waals surface area contributed by atoms with E-state index >= 15 is 0 Å². The maximum absolute atomic E-state index is 3.63. The predicted molar refractivity (Wildman–Crippen MR) is 78.3 cm³/mol.